The number of aromatic nitrogens is 2. The molecule has 0 fully saturated rings. The normalized spacial score (nSPS) is 14.6. The largest absolute Gasteiger partial charge is 0.417 e. The van der Waals surface area contributed by atoms with Gasteiger partial charge in [0, 0.05) is 37.0 Å². The van der Waals surface area contributed by atoms with Crippen molar-refractivity contribution in [1.82, 2.24) is 14.9 Å². The molecule has 1 aliphatic heterocycles. The second-order valence-electron chi connectivity index (χ2n) is 6.41. The Bertz CT molecular complexity index is 971. The third-order valence-corrected chi connectivity index (χ3v) is 5.10. The summed E-state index contributed by atoms with van der Waals surface area (Å²) in [6.45, 7) is 0.269. The number of hydrogen-bond acceptors (Lipinski definition) is 7. The molecule has 0 aromatic carbocycles. The lowest BCUT2D eigenvalue weighted by Crippen LogP contribution is -2.34. The molecule has 3 heterocycles. The number of pyridine rings is 2. The van der Waals surface area contributed by atoms with E-state index in [9.17, 15) is 14.0 Å². The molecule has 1 aliphatic rings. The topological polar surface area (TPSA) is 97.9 Å². The number of fused-ring (bicyclic) bond motifs is 1. The highest BCUT2D eigenvalue weighted by Crippen LogP contribution is 2.34. The number of nitrogens with zero attached hydrogens (tertiary/aromatic N) is 5. The van der Waals surface area contributed by atoms with Crippen molar-refractivity contribution >= 4 is 17.4 Å². The zero-order valence-corrected chi connectivity index (χ0v) is 16.2. The van der Waals surface area contributed by atoms with Crippen LogP contribution in [0.25, 0.3) is 0 Å². The fourth-order valence-corrected chi connectivity index (χ4v) is 3.59. The van der Waals surface area contributed by atoms with Gasteiger partial charge in [-0.3, -0.25) is 4.90 Å². The van der Waals surface area contributed by atoms with E-state index in [0.717, 1.165) is 16.7 Å². The average molecular weight is 419 g/mol. The Kier molecular flexibility index (Phi) is 6.42. The lowest BCUT2D eigenvalue weighted by atomic mass is 9.94. The van der Waals surface area contributed by atoms with Gasteiger partial charge in [-0.05, 0) is 24.5 Å². The molecule has 0 saturated carbocycles. The Morgan fingerprint density at radius 3 is 2.76 bits per heavy atom. The van der Waals surface area contributed by atoms with E-state index in [2.05, 4.69) is 31.0 Å². The fourth-order valence-electron chi connectivity index (χ4n) is 3.35. The molecule has 7 nitrogen and oxygen atoms in total. The van der Waals surface area contributed by atoms with Gasteiger partial charge in [0.1, 0.15) is 23.6 Å². The molecular formula is C19H17ClF2N6O. The minimum absolute atomic E-state index is 0.0622. The molecule has 0 amide bonds. The first-order valence-corrected chi connectivity index (χ1v) is 9.19. The monoisotopic (exact) mass is 418 g/mol. The smallest absolute Gasteiger partial charge is 0.388 e. The molecule has 1 N–H and O–H groups in total. The third kappa shape index (κ3) is 4.53. The Balaban J connectivity index is 1.86. The minimum atomic E-state index is -2.92. The van der Waals surface area contributed by atoms with Gasteiger partial charge in [-0.1, -0.05) is 17.7 Å². The number of hydrogen-bond donors (Lipinski definition) is 1. The van der Waals surface area contributed by atoms with E-state index >= 15 is 0 Å². The van der Waals surface area contributed by atoms with E-state index in [1.165, 1.54) is 12.3 Å². The first-order valence-electron chi connectivity index (χ1n) is 8.81. The summed E-state index contributed by atoms with van der Waals surface area (Å²) in [5.41, 5.74) is 2.84. The van der Waals surface area contributed by atoms with Crippen molar-refractivity contribution in [3.63, 3.8) is 0 Å². The second kappa shape index (κ2) is 8.99. The molecule has 29 heavy (non-hydrogen) atoms. The number of alkyl halides is 2. The first kappa shape index (κ1) is 20.7. The summed E-state index contributed by atoms with van der Waals surface area (Å²) in [4.78, 5) is 10.3. The van der Waals surface area contributed by atoms with Gasteiger partial charge in [-0.25, -0.2) is 9.97 Å². The van der Waals surface area contributed by atoms with E-state index < -0.39 is 6.61 Å². The molecule has 1 atom stereocenters. The number of nitriles is 2. The van der Waals surface area contributed by atoms with Crippen LogP contribution in [-0.4, -0.2) is 34.6 Å². The van der Waals surface area contributed by atoms with Gasteiger partial charge in [-0.2, -0.15) is 19.3 Å². The van der Waals surface area contributed by atoms with Crippen LogP contribution in [0.4, 0.5) is 14.6 Å². The number of halogens is 3. The van der Waals surface area contributed by atoms with Crippen molar-refractivity contribution < 1.29 is 13.5 Å². The number of rotatable bonds is 6. The van der Waals surface area contributed by atoms with Gasteiger partial charge < -0.3 is 10.1 Å². The van der Waals surface area contributed by atoms with Crippen LogP contribution >= 0.6 is 11.6 Å². The Morgan fingerprint density at radius 2 is 2.14 bits per heavy atom. The maximum absolute atomic E-state index is 12.3. The van der Waals surface area contributed by atoms with Crippen LogP contribution in [0.15, 0.2) is 18.3 Å². The van der Waals surface area contributed by atoms with Crippen LogP contribution in [-0.2, 0) is 13.0 Å². The summed E-state index contributed by atoms with van der Waals surface area (Å²) < 4.78 is 28.9. The van der Waals surface area contributed by atoms with Crippen molar-refractivity contribution in [1.29, 1.82) is 10.5 Å². The van der Waals surface area contributed by atoms with Crippen molar-refractivity contribution in [2.75, 3.05) is 18.4 Å². The van der Waals surface area contributed by atoms with Crippen LogP contribution in [0.1, 0.15) is 35.2 Å². The highest BCUT2D eigenvalue weighted by atomic mass is 35.5. The van der Waals surface area contributed by atoms with E-state index in [4.69, 9.17) is 16.9 Å². The predicted molar refractivity (Wildman–Crippen MR) is 101 cm³/mol. The van der Waals surface area contributed by atoms with Crippen molar-refractivity contribution in [2.45, 2.75) is 32.5 Å². The quantitative estimate of drug-likeness (QED) is 0.564. The highest BCUT2D eigenvalue weighted by Gasteiger charge is 2.28. The number of nitrogens with one attached hydrogen (secondary N) is 1. The molecule has 0 aliphatic carbocycles. The second-order valence-corrected chi connectivity index (χ2v) is 6.77. The van der Waals surface area contributed by atoms with Crippen molar-refractivity contribution in [2.24, 2.45) is 0 Å². The SMILES string of the molecule is CC(c1ccc(OC(F)F)nc1)N1CCc2c(C#N)c(Cl)nc(NCC#N)c2C1. The van der Waals surface area contributed by atoms with Crippen molar-refractivity contribution in [3.05, 3.63) is 45.7 Å². The number of ether oxygens (including phenoxy) is 1. The fraction of sp³-hybridized carbons (Fsp3) is 0.368. The van der Waals surface area contributed by atoms with E-state index in [1.807, 2.05) is 13.0 Å². The standard InChI is InChI=1S/C19H17ClF2N6O/c1-11(12-2-3-16(26-9-12)29-19(21)22)28-7-4-13-14(8-24)17(20)27-18(15(13)10-28)25-6-5-23/h2-3,9,11,19H,4,6-7,10H2,1H3,(H,25,27). The molecule has 150 valence electrons. The van der Waals surface area contributed by atoms with Gasteiger partial charge in [0.25, 0.3) is 0 Å². The van der Waals surface area contributed by atoms with Crippen LogP contribution in [0.5, 0.6) is 5.88 Å². The van der Waals surface area contributed by atoms with Crippen LogP contribution in [0, 0.1) is 22.7 Å². The summed E-state index contributed by atoms with van der Waals surface area (Å²) >= 11 is 6.15. The van der Waals surface area contributed by atoms with E-state index in [0.29, 0.717) is 30.9 Å². The average Bonchev–Trinajstić information content (AvgIpc) is 2.71. The van der Waals surface area contributed by atoms with E-state index in [-0.39, 0.29) is 23.6 Å². The summed E-state index contributed by atoms with van der Waals surface area (Å²) in [7, 11) is 0. The zero-order valence-electron chi connectivity index (χ0n) is 15.5. The zero-order chi connectivity index (χ0) is 21.0. The lowest BCUT2D eigenvalue weighted by Gasteiger charge is -2.35. The van der Waals surface area contributed by atoms with Gasteiger partial charge in [0.15, 0.2) is 0 Å². The van der Waals surface area contributed by atoms with Gasteiger partial charge in [0.05, 0.1) is 11.6 Å². The molecule has 0 saturated heterocycles. The summed E-state index contributed by atoms with van der Waals surface area (Å²) in [6, 6.07) is 7.15. The molecule has 2 aromatic heterocycles. The Labute approximate surface area is 171 Å². The molecule has 0 bridgehead atoms. The molecule has 10 heteroatoms. The van der Waals surface area contributed by atoms with Gasteiger partial charge in [-0.15, -0.1) is 0 Å². The summed E-state index contributed by atoms with van der Waals surface area (Å²) in [6.07, 6.45) is 2.10. The predicted octanol–water partition coefficient (Wildman–Crippen LogP) is 3.66. The van der Waals surface area contributed by atoms with Crippen LogP contribution < -0.4 is 10.1 Å². The summed E-state index contributed by atoms with van der Waals surface area (Å²) in [5.74, 6) is 0.349. The highest BCUT2D eigenvalue weighted by molar-refractivity contribution is 6.30. The molecule has 0 spiro atoms. The van der Waals surface area contributed by atoms with E-state index in [1.54, 1.807) is 6.07 Å². The molecule has 2 aromatic rings. The summed E-state index contributed by atoms with van der Waals surface area (Å²) in [5, 5.41) is 21.4. The van der Waals surface area contributed by atoms with Crippen LogP contribution in [0.2, 0.25) is 5.15 Å². The third-order valence-electron chi connectivity index (χ3n) is 4.82. The Morgan fingerprint density at radius 1 is 1.34 bits per heavy atom. The Hall–Kier alpha value is -3.01. The molecule has 0 radical (unpaired) electrons. The lowest BCUT2D eigenvalue weighted by molar-refractivity contribution is -0.0528. The number of anilines is 1. The molecule has 3 rings (SSSR count). The minimum Gasteiger partial charge on any atom is -0.417 e. The molecular weight excluding hydrogens is 402 g/mol. The molecule has 1 unspecified atom stereocenters. The van der Waals surface area contributed by atoms with Gasteiger partial charge in [0.2, 0.25) is 5.88 Å². The van der Waals surface area contributed by atoms with Crippen LogP contribution in [0.3, 0.4) is 0 Å². The maximum Gasteiger partial charge on any atom is 0.388 e. The van der Waals surface area contributed by atoms with Gasteiger partial charge >= 0.3 is 6.61 Å². The first-order chi connectivity index (χ1) is 13.9. The maximum atomic E-state index is 12.3. The van der Waals surface area contributed by atoms with Crippen molar-refractivity contribution in [3.8, 4) is 18.0 Å².